The molecule has 0 saturated carbocycles. The lowest BCUT2D eigenvalue weighted by molar-refractivity contribution is -0.133. The Kier molecular flexibility index (Phi) is 5.57. The number of aryl methyl sites for hydroxylation is 1. The molecule has 2 aromatic heterocycles. The molecule has 6 heteroatoms. The number of nitrogens with zero attached hydrogens (tertiary/aromatic N) is 2. The molecule has 0 fully saturated rings. The van der Waals surface area contributed by atoms with Crippen molar-refractivity contribution in [2.24, 2.45) is 0 Å². The van der Waals surface area contributed by atoms with Gasteiger partial charge in [0.25, 0.3) is 5.91 Å². The largest absolute Gasteiger partial charge is 0.463 e. The second-order valence-electron chi connectivity index (χ2n) is 8.99. The third-order valence-electron chi connectivity index (χ3n) is 6.53. The summed E-state index contributed by atoms with van der Waals surface area (Å²) < 4.78 is 7.50. The third-order valence-corrected chi connectivity index (χ3v) is 6.53. The molecular formula is C28H27N3O3. The van der Waals surface area contributed by atoms with E-state index >= 15 is 0 Å². The number of carbonyl (C=O) groups excluding carboxylic acids is 2. The predicted molar refractivity (Wildman–Crippen MR) is 130 cm³/mol. The number of hydrogen-bond donors (Lipinski definition) is 1. The SMILES string of the molecule is Cc1ccc(CN2C(=O)c3ccc(-c4ccco4)n3CC2(C)C(=O)NCc2ccccc2)cc1. The van der Waals surface area contributed by atoms with Gasteiger partial charge in [0.1, 0.15) is 17.0 Å². The number of aromatic nitrogens is 1. The predicted octanol–water partition coefficient (Wildman–Crippen LogP) is 4.79. The number of carbonyl (C=O) groups is 2. The maximum atomic E-state index is 13.8. The van der Waals surface area contributed by atoms with Crippen molar-refractivity contribution in [3.05, 3.63) is 108 Å². The summed E-state index contributed by atoms with van der Waals surface area (Å²) in [7, 11) is 0. The fourth-order valence-corrected chi connectivity index (χ4v) is 4.51. The number of benzene rings is 2. The highest BCUT2D eigenvalue weighted by atomic mass is 16.3. The average Bonchev–Trinajstić information content (AvgIpc) is 3.52. The summed E-state index contributed by atoms with van der Waals surface area (Å²) in [5, 5.41) is 3.06. The Morgan fingerprint density at radius 2 is 1.68 bits per heavy atom. The lowest BCUT2D eigenvalue weighted by Gasteiger charge is -2.44. The smallest absolute Gasteiger partial charge is 0.271 e. The quantitative estimate of drug-likeness (QED) is 0.457. The van der Waals surface area contributed by atoms with E-state index in [1.807, 2.05) is 97.3 Å². The van der Waals surface area contributed by atoms with Crippen molar-refractivity contribution in [3.8, 4) is 11.5 Å². The highest BCUT2D eigenvalue weighted by Gasteiger charge is 2.47. The molecule has 0 radical (unpaired) electrons. The van der Waals surface area contributed by atoms with Gasteiger partial charge in [-0.1, -0.05) is 60.2 Å². The van der Waals surface area contributed by atoms with Crippen LogP contribution >= 0.6 is 0 Å². The number of fused-ring (bicyclic) bond motifs is 1. The Bertz CT molecular complexity index is 1310. The van der Waals surface area contributed by atoms with E-state index in [0.717, 1.165) is 22.4 Å². The highest BCUT2D eigenvalue weighted by Crippen LogP contribution is 2.34. The van der Waals surface area contributed by atoms with Gasteiger partial charge in [0.2, 0.25) is 5.91 Å². The molecule has 0 bridgehead atoms. The van der Waals surface area contributed by atoms with E-state index in [1.165, 1.54) is 0 Å². The minimum atomic E-state index is -1.09. The van der Waals surface area contributed by atoms with Gasteiger partial charge in [-0.15, -0.1) is 0 Å². The molecular weight excluding hydrogens is 426 g/mol. The maximum absolute atomic E-state index is 13.8. The lowest BCUT2D eigenvalue weighted by atomic mass is 9.93. The molecule has 4 aromatic rings. The van der Waals surface area contributed by atoms with E-state index in [1.54, 1.807) is 11.2 Å². The zero-order chi connectivity index (χ0) is 23.7. The molecule has 2 aromatic carbocycles. The van der Waals surface area contributed by atoms with Crippen LogP contribution in [0.15, 0.2) is 89.5 Å². The maximum Gasteiger partial charge on any atom is 0.271 e. The summed E-state index contributed by atoms with van der Waals surface area (Å²) in [6, 6.07) is 25.2. The Labute approximate surface area is 198 Å². The van der Waals surface area contributed by atoms with Crippen molar-refractivity contribution >= 4 is 11.8 Å². The fraction of sp³-hybridized carbons (Fsp3) is 0.214. The first-order chi connectivity index (χ1) is 16.5. The van der Waals surface area contributed by atoms with Gasteiger partial charge in [0.15, 0.2) is 0 Å². The van der Waals surface area contributed by atoms with Gasteiger partial charge in [-0.2, -0.15) is 0 Å². The second kappa shape index (κ2) is 8.71. The van der Waals surface area contributed by atoms with Crippen LogP contribution in [0, 0.1) is 6.92 Å². The molecule has 2 amide bonds. The van der Waals surface area contributed by atoms with Crippen LogP contribution in [0.3, 0.4) is 0 Å². The molecule has 3 heterocycles. The first-order valence-corrected chi connectivity index (χ1v) is 11.4. The van der Waals surface area contributed by atoms with E-state index in [-0.39, 0.29) is 11.8 Å². The van der Waals surface area contributed by atoms with Crippen molar-refractivity contribution in [3.63, 3.8) is 0 Å². The summed E-state index contributed by atoms with van der Waals surface area (Å²) in [6.07, 6.45) is 1.61. The van der Waals surface area contributed by atoms with Gasteiger partial charge < -0.3 is 19.2 Å². The third kappa shape index (κ3) is 3.92. The van der Waals surface area contributed by atoms with Gasteiger partial charge in [-0.05, 0) is 49.2 Å². The minimum absolute atomic E-state index is 0.179. The van der Waals surface area contributed by atoms with Crippen molar-refractivity contribution in [1.82, 2.24) is 14.8 Å². The molecule has 172 valence electrons. The Hall–Kier alpha value is -4.06. The highest BCUT2D eigenvalue weighted by molar-refractivity contribution is 6.00. The summed E-state index contributed by atoms with van der Waals surface area (Å²) in [6.45, 7) is 4.93. The van der Waals surface area contributed by atoms with E-state index in [2.05, 4.69) is 5.32 Å². The van der Waals surface area contributed by atoms with Crippen LogP contribution in [0.2, 0.25) is 0 Å². The topological polar surface area (TPSA) is 67.5 Å². The van der Waals surface area contributed by atoms with Crippen molar-refractivity contribution < 1.29 is 14.0 Å². The van der Waals surface area contributed by atoms with E-state index in [4.69, 9.17) is 4.42 Å². The van der Waals surface area contributed by atoms with Gasteiger partial charge in [0, 0.05) is 13.1 Å². The summed E-state index contributed by atoms with van der Waals surface area (Å²) in [4.78, 5) is 29.1. The molecule has 1 N–H and O–H groups in total. The van der Waals surface area contributed by atoms with Gasteiger partial charge in [-0.3, -0.25) is 9.59 Å². The van der Waals surface area contributed by atoms with Crippen LogP contribution in [-0.2, 0) is 24.4 Å². The summed E-state index contributed by atoms with van der Waals surface area (Å²) >= 11 is 0. The molecule has 0 spiro atoms. The monoisotopic (exact) mass is 453 g/mol. The second-order valence-corrected chi connectivity index (χ2v) is 8.99. The first-order valence-electron chi connectivity index (χ1n) is 11.4. The van der Waals surface area contributed by atoms with Crippen LogP contribution in [0.1, 0.15) is 34.1 Å². The van der Waals surface area contributed by atoms with Crippen LogP contribution in [0.5, 0.6) is 0 Å². The van der Waals surface area contributed by atoms with Crippen LogP contribution in [0.4, 0.5) is 0 Å². The summed E-state index contributed by atoms with van der Waals surface area (Å²) in [5.74, 6) is 0.293. The zero-order valence-corrected chi connectivity index (χ0v) is 19.3. The number of hydrogen-bond acceptors (Lipinski definition) is 3. The van der Waals surface area contributed by atoms with Crippen LogP contribution in [0.25, 0.3) is 11.5 Å². The Balaban J connectivity index is 1.51. The number of amides is 2. The molecule has 34 heavy (non-hydrogen) atoms. The first kappa shape index (κ1) is 21.8. The number of rotatable bonds is 6. The standard InChI is InChI=1S/C28H27N3O3/c1-20-10-12-22(13-11-20)18-31-26(32)24-15-14-23(25-9-6-16-34-25)30(24)19-28(31,2)27(33)29-17-21-7-4-3-5-8-21/h3-16H,17-19H2,1-2H3,(H,29,33). The normalized spacial score (nSPS) is 17.5. The summed E-state index contributed by atoms with van der Waals surface area (Å²) in [5.41, 5.74) is 3.37. The molecule has 0 aliphatic carbocycles. The molecule has 1 atom stereocenters. The Morgan fingerprint density at radius 3 is 2.38 bits per heavy atom. The van der Waals surface area contributed by atoms with Gasteiger partial charge in [-0.25, -0.2) is 0 Å². The van der Waals surface area contributed by atoms with Crippen LogP contribution in [-0.4, -0.2) is 26.8 Å². The van der Waals surface area contributed by atoms with E-state index in [0.29, 0.717) is 31.1 Å². The fourth-order valence-electron chi connectivity index (χ4n) is 4.51. The molecule has 6 nitrogen and oxygen atoms in total. The minimum Gasteiger partial charge on any atom is -0.463 e. The number of nitrogens with one attached hydrogen (secondary N) is 1. The van der Waals surface area contributed by atoms with Crippen molar-refractivity contribution in [2.45, 2.75) is 39.0 Å². The molecule has 1 aliphatic rings. The number of furan rings is 1. The van der Waals surface area contributed by atoms with E-state index < -0.39 is 5.54 Å². The van der Waals surface area contributed by atoms with E-state index in [9.17, 15) is 9.59 Å². The van der Waals surface area contributed by atoms with Gasteiger partial charge >= 0.3 is 0 Å². The van der Waals surface area contributed by atoms with Crippen LogP contribution < -0.4 is 5.32 Å². The van der Waals surface area contributed by atoms with Crippen molar-refractivity contribution in [1.29, 1.82) is 0 Å². The Morgan fingerprint density at radius 1 is 0.941 bits per heavy atom. The molecule has 5 rings (SSSR count). The van der Waals surface area contributed by atoms with Crippen molar-refractivity contribution in [2.75, 3.05) is 0 Å². The molecule has 1 unspecified atom stereocenters. The molecule has 1 aliphatic heterocycles. The lowest BCUT2D eigenvalue weighted by Crippen LogP contribution is -2.63. The zero-order valence-electron chi connectivity index (χ0n) is 19.3. The average molecular weight is 454 g/mol. The van der Waals surface area contributed by atoms with Gasteiger partial charge in [0.05, 0.1) is 18.5 Å². The molecule has 0 saturated heterocycles.